The quantitative estimate of drug-likeness (QED) is 0.0332. The summed E-state index contributed by atoms with van der Waals surface area (Å²) in [5.41, 5.74) is 8.73. The zero-order valence-electron chi connectivity index (χ0n) is 66.5. The van der Waals surface area contributed by atoms with Gasteiger partial charge in [0.2, 0.25) is 47.2 Å². The predicted octanol–water partition coefficient (Wildman–Crippen LogP) is 13.3. The minimum absolute atomic E-state index is 0.0535. The fraction of sp³-hybridized carbons (Fsp3) is 0.375. The lowest BCUT2D eigenvalue weighted by atomic mass is 10.0. The number of aliphatic hydroxyl groups is 1. The number of nitrogens with two attached hydrogens (primary N) is 1. The average molecular weight is 1620 g/mol. The summed E-state index contributed by atoms with van der Waals surface area (Å²) in [6.45, 7) is 6.02. The number of carbonyl (C=O) groups is 7. The van der Waals surface area contributed by atoms with Crippen molar-refractivity contribution in [3.05, 3.63) is 252 Å². The molecule has 3 saturated heterocycles. The van der Waals surface area contributed by atoms with Crippen molar-refractivity contribution in [2.45, 2.75) is 189 Å². The molecule has 0 aromatic heterocycles. The van der Waals surface area contributed by atoms with Gasteiger partial charge in [-0.3, -0.25) is 28.8 Å². The van der Waals surface area contributed by atoms with E-state index in [0.717, 1.165) is 89.0 Å². The van der Waals surface area contributed by atoms with Crippen LogP contribution in [-0.2, 0) is 48.7 Å². The van der Waals surface area contributed by atoms with E-state index >= 15 is 0 Å². The molecule has 114 heavy (non-hydrogen) atoms. The summed E-state index contributed by atoms with van der Waals surface area (Å²) in [5.74, 6) is -0.918. The third-order valence-electron chi connectivity index (χ3n) is 20.4. The number of carbonyl (C=O) groups excluding carboxylic acids is 7. The van der Waals surface area contributed by atoms with Gasteiger partial charge in [0.25, 0.3) is 17.7 Å². The molecule has 21 nitrogen and oxygen atoms in total. The third-order valence-corrected chi connectivity index (χ3v) is 25.8. The summed E-state index contributed by atoms with van der Waals surface area (Å²) in [4.78, 5) is 94.3. The second-order valence-electron chi connectivity index (χ2n) is 28.3. The fourth-order valence-corrected chi connectivity index (χ4v) is 17.7. The van der Waals surface area contributed by atoms with Gasteiger partial charge >= 0.3 is 0 Å². The minimum Gasteiger partial charge on any atom is -0.396 e. The standard InChI is InChI=1S/C32H35FN2O4S.C22H26N2O5S.C22H24N2O5S.C9H10FN.C2H6.CH4/c33-26-16-12-23(13-17-26)29-22-25(29)8-7-11-30(32(37)35-20-5-2-6-21-35)34-31(36)24-14-18-28(19-15-24)40(38,39)27-9-3-1-4-10-27;2*25-16-13-20(22(27)24-14-5-2-6-15-24)23-21(26)17-9-11-19(12-10-17)30(28,29)18-7-3-1-4-8-18;10-7-3-1-6(2-4-7)8-5-9(8)11;1-2;/h1,3-4,9-10,12-19,25,29-30H,2,5-8,11,20-22H2,(H,34,36);1,3-4,7-12,20,25H,2,5-6,13-16H2,(H,23,26);1,3-4,7-12,16,20H,2,5-6,13-15H2,(H,23,26);1-4,8-9H,5,11H2;1-2H3;1H4/t25-,29+,30+;2*20-;8-,9+;;/m1000../s1/i;;;;2*1D. The van der Waals surface area contributed by atoms with E-state index in [-0.39, 0.29) is 89.3 Å². The maximum Gasteiger partial charge on any atom is 0.251 e. The predicted molar refractivity (Wildman–Crippen MR) is 433 cm³/mol. The van der Waals surface area contributed by atoms with Crippen molar-refractivity contribution in [2.24, 2.45) is 11.7 Å². The number of nitrogens with one attached hydrogen (secondary N) is 3. The van der Waals surface area contributed by atoms with Crippen molar-refractivity contribution >= 4 is 71.2 Å². The van der Waals surface area contributed by atoms with Gasteiger partial charge in [-0.2, -0.15) is 0 Å². The van der Waals surface area contributed by atoms with Gasteiger partial charge in [0.1, 0.15) is 36.0 Å². The van der Waals surface area contributed by atoms with Crippen LogP contribution in [0.5, 0.6) is 0 Å². The average Bonchev–Trinajstić information content (AvgIpc) is 1.76. The summed E-state index contributed by atoms with van der Waals surface area (Å²) in [5, 5.41) is 17.5. The molecule has 0 radical (unpaired) electrons. The smallest absolute Gasteiger partial charge is 0.251 e. The van der Waals surface area contributed by atoms with E-state index in [9.17, 15) is 72.7 Å². The molecular formula is C88H105F2N7O14S3. The number of nitrogens with zero attached hydrogens (tertiary/aromatic N) is 3. The SMILES string of the molecule is N[C@@H]1C[C@H]1c1ccc(F)cc1.O=C(N[C@@H](CCC[C@@H]1C[C@H]1c1ccc(F)cc1)C(=O)N1CCCCC1)c1ccc(S(=O)(=O)c2ccccc2)cc1.O=C(N[C@@H](CCO)C(=O)N1CCCCC1)c1ccc(S(=O)(=O)c2ccccc2)cc1.O=CC[C@H](NC(=O)c1ccc(S(=O)(=O)c2ccccc2)cc1)C(=O)N1CCCCC1.[2H]C.[2H]CC. The normalized spacial score (nSPS) is 17.9. The Morgan fingerprint density at radius 2 is 0.746 bits per heavy atom. The highest BCUT2D eigenvalue weighted by Crippen LogP contribution is 2.50. The number of aldehydes is 1. The largest absolute Gasteiger partial charge is 0.396 e. The molecule has 5 fully saturated rings. The molecule has 608 valence electrons. The van der Waals surface area contributed by atoms with Crippen molar-refractivity contribution in [3.63, 3.8) is 0 Å². The van der Waals surface area contributed by atoms with Gasteiger partial charge in [-0.1, -0.05) is 107 Å². The summed E-state index contributed by atoms with van der Waals surface area (Å²) in [6.07, 6.45) is 13.9. The number of sulfone groups is 3. The first-order valence-corrected chi connectivity index (χ1v) is 42.9. The van der Waals surface area contributed by atoms with Gasteiger partial charge in [0.15, 0.2) is 0 Å². The summed E-state index contributed by atoms with van der Waals surface area (Å²) in [7, 11) is -9.78. The third kappa shape index (κ3) is 24.9. The molecule has 5 aliphatic rings. The lowest BCUT2D eigenvalue weighted by molar-refractivity contribution is -0.135. The lowest BCUT2D eigenvalue weighted by Gasteiger charge is -2.31. The molecule has 0 spiro atoms. The van der Waals surface area contributed by atoms with E-state index in [4.69, 9.17) is 8.48 Å². The molecule has 26 heteroatoms. The zero-order valence-corrected chi connectivity index (χ0v) is 66.9. The van der Waals surface area contributed by atoms with Crippen LogP contribution < -0.4 is 21.7 Å². The molecule has 0 bridgehead atoms. The number of rotatable bonds is 25. The van der Waals surface area contributed by atoms with E-state index in [0.29, 0.717) is 88.2 Å². The van der Waals surface area contributed by atoms with Gasteiger partial charge in [-0.05, 0) is 246 Å². The van der Waals surface area contributed by atoms with Gasteiger partial charge in [0, 0.05) is 83.7 Å². The molecule has 8 aromatic carbocycles. The monoisotopic (exact) mass is 1620 g/mol. The Labute approximate surface area is 672 Å². The van der Waals surface area contributed by atoms with E-state index < -0.39 is 65.4 Å². The Bertz CT molecular complexity index is 4820. The highest BCUT2D eigenvalue weighted by atomic mass is 32.2. The Balaban J connectivity index is 0.000000200. The first-order valence-electron chi connectivity index (χ1n) is 40.2. The first kappa shape index (κ1) is 86.3. The summed E-state index contributed by atoms with van der Waals surface area (Å²) >= 11 is 0. The van der Waals surface area contributed by atoms with Crippen LogP contribution in [0.15, 0.2) is 242 Å². The van der Waals surface area contributed by atoms with Crippen molar-refractivity contribution < 1.29 is 75.4 Å². The maximum absolute atomic E-state index is 13.4. The lowest BCUT2D eigenvalue weighted by Crippen LogP contribution is -2.50. The first-order chi connectivity index (χ1) is 55.9. The number of piperidine rings is 3. The van der Waals surface area contributed by atoms with Crippen molar-refractivity contribution in [2.75, 3.05) is 45.9 Å². The zero-order chi connectivity index (χ0) is 83.8. The Hall–Kier alpha value is -10.1. The van der Waals surface area contributed by atoms with Gasteiger partial charge < -0.3 is 46.3 Å². The molecule has 2 aliphatic carbocycles. The van der Waals surface area contributed by atoms with Crippen LogP contribution in [0.4, 0.5) is 8.78 Å². The van der Waals surface area contributed by atoms with Crippen LogP contribution in [0.25, 0.3) is 0 Å². The molecule has 2 saturated carbocycles. The minimum atomic E-state index is -3.68. The number of benzene rings is 8. The number of hydrogen-bond acceptors (Lipinski definition) is 15. The van der Waals surface area contributed by atoms with Crippen LogP contribution in [0, 0.1) is 17.6 Å². The van der Waals surface area contributed by atoms with Gasteiger partial charge in [-0.25, -0.2) is 34.0 Å². The molecule has 6 N–H and O–H groups in total. The Kier molecular flexibility index (Phi) is 32.8. The van der Waals surface area contributed by atoms with Crippen LogP contribution in [0.3, 0.4) is 0 Å². The number of amides is 6. The number of likely N-dealkylation sites (tertiary alicyclic amines) is 3. The van der Waals surface area contributed by atoms with Crippen LogP contribution in [0.2, 0.25) is 0 Å². The molecule has 3 aliphatic heterocycles. The van der Waals surface area contributed by atoms with Crippen LogP contribution in [0.1, 0.15) is 181 Å². The molecule has 0 unspecified atom stereocenters. The molecular weight excluding hydrogens is 1510 g/mol. The maximum atomic E-state index is 13.4. The number of hydrogen-bond donors (Lipinski definition) is 5. The molecule has 7 atom stereocenters. The van der Waals surface area contributed by atoms with E-state index in [1.807, 2.05) is 29.2 Å². The van der Waals surface area contributed by atoms with E-state index in [1.165, 1.54) is 146 Å². The highest BCUT2D eigenvalue weighted by Gasteiger charge is 2.39. The van der Waals surface area contributed by atoms with E-state index in [1.54, 1.807) is 71.3 Å². The van der Waals surface area contributed by atoms with Gasteiger partial charge in [-0.15, -0.1) is 0 Å². The highest BCUT2D eigenvalue weighted by molar-refractivity contribution is 7.92. The van der Waals surface area contributed by atoms with E-state index in [2.05, 4.69) is 16.0 Å². The second kappa shape index (κ2) is 43.4. The van der Waals surface area contributed by atoms with Crippen LogP contribution >= 0.6 is 0 Å². The molecule has 6 amide bonds. The van der Waals surface area contributed by atoms with Crippen molar-refractivity contribution in [1.82, 2.24) is 30.7 Å². The summed E-state index contributed by atoms with van der Waals surface area (Å²) < 4.78 is 114. The number of halogens is 2. The Morgan fingerprint density at radius 3 is 1.05 bits per heavy atom. The molecule has 8 aromatic rings. The molecule has 13 rings (SSSR count). The Morgan fingerprint density at radius 1 is 0.456 bits per heavy atom. The second-order valence-corrected chi connectivity index (χ2v) is 34.2. The van der Waals surface area contributed by atoms with Gasteiger partial charge in [0.05, 0.1) is 29.4 Å². The van der Waals surface area contributed by atoms with Crippen LogP contribution in [-0.4, -0.2) is 157 Å². The number of aliphatic hydroxyl groups excluding tert-OH is 1. The van der Waals surface area contributed by atoms with Crippen molar-refractivity contribution in [1.29, 1.82) is 0 Å². The fourth-order valence-electron chi connectivity index (χ4n) is 13.8. The summed E-state index contributed by atoms with van der Waals surface area (Å²) in [6, 6.07) is 52.4. The van der Waals surface area contributed by atoms with Crippen molar-refractivity contribution in [3.8, 4) is 0 Å². The topological polar surface area (TPSA) is 314 Å². The molecule has 3 heterocycles.